The van der Waals surface area contributed by atoms with Crippen molar-refractivity contribution in [3.05, 3.63) is 35.9 Å². The molecule has 1 aliphatic heterocycles. The molecule has 0 amide bonds. The van der Waals surface area contributed by atoms with E-state index < -0.39 is 11.5 Å². The number of carbonyl (C=O) groups is 1. The van der Waals surface area contributed by atoms with Gasteiger partial charge >= 0.3 is 5.97 Å². The highest BCUT2D eigenvalue weighted by atomic mass is 16.4. The number of carboxylic acids is 1. The van der Waals surface area contributed by atoms with Crippen molar-refractivity contribution in [2.45, 2.75) is 24.8 Å². The van der Waals surface area contributed by atoms with Crippen LogP contribution in [0.1, 0.15) is 18.4 Å². The van der Waals surface area contributed by atoms with Gasteiger partial charge in [-0.05, 0) is 24.9 Å². The monoisotopic (exact) mass is 205 g/mol. The van der Waals surface area contributed by atoms with Gasteiger partial charge in [-0.25, -0.2) is 0 Å². The third-order valence-corrected chi connectivity index (χ3v) is 3.00. The van der Waals surface area contributed by atoms with E-state index in [1.54, 1.807) is 0 Å². The number of nitrogens with one attached hydrogen (secondary N) is 1. The van der Waals surface area contributed by atoms with Gasteiger partial charge in [0.15, 0.2) is 0 Å². The minimum Gasteiger partial charge on any atom is -0.480 e. The average molecular weight is 205 g/mol. The van der Waals surface area contributed by atoms with Crippen molar-refractivity contribution in [3.63, 3.8) is 0 Å². The van der Waals surface area contributed by atoms with Gasteiger partial charge in [0.1, 0.15) is 5.54 Å². The van der Waals surface area contributed by atoms with Gasteiger partial charge in [0.05, 0.1) is 0 Å². The van der Waals surface area contributed by atoms with Crippen LogP contribution in [0.25, 0.3) is 0 Å². The Morgan fingerprint density at radius 1 is 1.40 bits per heavy atom. The maximum atomic E-state index is 11.3. The Balaban J connectivity index is 2.18. The number of aliphatic carboxylic acids is 1. The summed E-state index contributed by atoms with van der Waals surface area (Å²) < 4.78 is 0. The largest absolute Gasteiger partial charge is 0.480 e. The second-order valence-corrected chi connectivity index (χ2v) is 4.08. The molecule has 1 aromatic carbocycles. The second-order valence-electron chi connectivity index (χ2n) is 4.08. The molecule has 1 fully saturated rings. The van der Waals surface area contributed by atoms with Gasteiger partial charge in [-0.1, -0.05) is 30.3 Å². The topological polar surface area (TPSA) is 49.3 Å². The molecule has 0 spiro atoms. The highest BCUT2D eigenvalue weighted by Crippen LogP contribution is 2.24. The fourth-order valence-electron chi connectivity index (χ4n) is 2.16. The van der Waals surface area contributed by atoms with Crippen molar-refractivity contribution >= 4 is 5.97 Å². The van der Waals surface area contributed by atoms with Crippen molar-refractivity contribution in [3.8, 4) is 0 Å². The summed E-state index contributed by atoms with van der Waals surface area (Å²) >= 11 is 0. The molecular formula is C12H15NO2. The number of hydrogen-bond acceptors (Lipinski definition) is 2. The Labute approximate surface area is 89.1 Å². The van der Waals surface area contributed by atoms with E-state index in [4.69, 9.17) is 0 Å². The lowest BCUT2D eigenvalue weighted by molar-refractivity contribution is -0.144. The van der Waals surface area contributed by atoms with Crippen molar-refractivity contribution in [2.75, 3.05) is 6.54 Å². The fraction of sp³-hybridized carbons (Fsp3) is 0.417. The first kappa shape index (κ1) is 10.2. The van der Waals surface area contributed by atoms with Crippen LogP contribution in [0.4, 0.5) is 0 Å². The van der Waals surface area contributed by atoms with E-state index in [0.29, 0.717) is 6.42 Å². The predicted octanol–water partition coefficient (Wildman–Crippen LogP) is 1.44. The molecule has 3 heteroatoms. The molecule has 1 aromatic rings. The van der Waals surface area contributed by atoms with Gasteiger partial charge in [-0.3, -0.25) is 4.79 Å². The molecule has 0 aromatic heterocycles. The van der Waals surface area contributed by atoms with E-state index >= 15 is 0 Å². The molecule has 1 saturated heterocycles. The van der Waals surface area contributed by atoms with Crippen molar-refractivity contribution < 1.29 is 9.90 Å². The van der Waals surface area contributed by atoms with E-state index in [0.717, 1.165) is 24.9 Å². The Kier molecular flexibility index (Phi) is 2.73. The Bertz CT molecular complexity index is 342. The van der Waals surface area contributed by atoms with Gasteiger partial charge in [0.2, 0.25) is 0 Å². The smallest absolute Gasteiger partial charge is 0.324 e. The molecular weight excluding hydrogens is 190 g/mol. The lowest BCUT2D eigenvalue weighted by atomic mass is 9.89. The van der Waals surface area contributed by atoms with Crippen LogP contribution in [-0.4, -0.2) is 23.2 Å². The van der Waals surface area contributed by atoms with Crippen LogP contribution < -0.4 is 5.32 Å². The van der Waals surface area contributed by atoms with Crippen LogP contribution in [0.15, 0.2) is 30.3 Å². The molecule has 2 rings (SSSR count). The maximum Gasteiger partial charge on any atom is 0.324 e. The first-order valence-corrected chi connectivity index (χ1v) is 5.25. The molecule has 80 valence electrons. The second kappa shape index (κ2) is 4.03. The van der Waals surface area contributed by atoms with Gasteiger partial charge in [0.25, 0.3) is 0 Å². The molecule has 3 nitrogen and oxygen atoms in total. The molecule has 0 radical (unpaired) electrons. The van der Waals surface area contributed by atoms with Crippen LogP contribution in [0.2, 0.25) is 0 Å². The van der Waals surface area contributed by atoms with E-state index in [-0.39, 0.29) is 0 Å². The van der Waals surface area contributed by atoms with E-state index in [1.807, 2.05) is 30.3 Å². The van der Waals surface area contributed by atoms with Crippen LogP contribution in [-0.2, 0) is 11.2 Å². The lowest BCUT2D eigenvalue weighted by Crippen LogP contribution is -2.49. The highest BCUT2D eigenvalue weighted by molar-refractivity contribution is 5.79. The van der Waals surface area contributed by atoms with Gasteiger partial charge in [-0.15, -0.1) is 0 Å². The summed E-state index contributed by atoms with van der Waals surface area (Å²) in [5.74, 6) is -0.733. The molecule has 0 aliphatic carbocycles. The summed E-state index contributed by atoms with van der Waals surface area (Å²) in [7, 11) is 0. The summed E-state index contributed by atoms with van der Waals surface area (Å²) in [4.78, 5) is 11.3. The van der Waals surface area contributed by atoms with Crippen molar-refractivity contribution in [1.82, 2.24) is 5.32 Å². The Morgan fingerprint density at radius 2 is 2.13 bits per heavy atom. The van der Waals surface area contributed by atoms with E-state index in [1.165, 1.54) is 0 Å². The summed E-state index contributed by atoms with van der Waals surface area (Å²) in [5.41, 5.74) is 0.343. The number of carboxylic acid groups (broad SMARTS) is 1. The number of benzene rings is 1. The first-order chi connectivity index (χ1) is 7.23. The van der Waals surface area contributed by atoms with Crippen molar-refractivity contribution in [2.24, 2.45) is 0 Å². The van der Waals surface area contributed by atoms with Gasteiger partial charge in [0, 0.05) is 6.42 Å². The molecule has 0 saturated carbocycles. The van der Waals surface area contributed by atoms with Crippen LogP contribution in [0.5, 0.6) is 0 Å². The van der Waals surface area contributed by atoms with Gasteiger partial charge in [-0.2, -0.15) is 0 Å². The molecule has 15 heavy (non-hydrogen) atoms. The van der Waals surface area contributed by atoms with Gasteiger partial charge < -0.3 is 10.4 Å². The minimum atomic E-state index is -0.735. The molecule has 1 aliphatic rings. The molecule has 1 heterocycles. The number of rotatable bonds is 3. The van der Waals surface area contributed by atoms with Crippen LogP contribution >= 0.6 is 0 Å². The third-order valence-electron chi connectivity index (χ3n) is 3.00. The summed E-state index contributed by atoms with van der Waals surface area (Å²) in [5, 5.41) is 12.4. The lowest BCUT2D eigenvalue weighted by Gasteiger charge is -2.24. The zero-order valence-electron chi connectivity index (χ0n) is 8.57. The molecule has 2 N–H and O–H groups in total. The summed E-state index contributed by atoms with van der Waals surface area (Å²) in [6.07, 6.45) is 2.24. The highest BCUT2D eigenvalue weighted by Gasteiger charge is 2.40. The zero-order chi connectivity index (χ0) is 10.7. The SMILES string of the molecule is O=C(O)C1(Cc2ccccc2)CCCN1. The summed E-state index contributed by atoms with van der Waals surface area (Å²) in [6, 6.07) is 9.79. The Hall–Kier alpha value is -1.35. The zero-order valence-corrected chi connectivity index (χ0v) is 8.57. The molecule has 1 unspecified atom stereocenters. The fourth-order valence-corrected chi connectivity index (χ4v) is 2.16. The van der Waals surface area contributed by atoms with E-state index in [9.17, 15) is 9.90 Å². The van der Waals surface area contributed by atoms with Crippen LogP contribution in [0.3, 0.4) is 0 Å². The first-order valence-electron chi connectivity index (χ1n) is 5.25. The maximum absolute atomic E-state index is 11.3. The standard InChI is InChI=1S/C12H15NO2/c14-11(15)12(7-4-8-13-12)9-10-5-2-1-3-6-10/h1-3,5-6,13H,4,7-9H2,(H,14,15). The number of hydrogen-bond donors (Lipinski definition) is 2. The van der Waals surface area contributed by atoms with E-state index in [2.05, 4.69) is 5.32 Å². The summed E-state index contributed by atoms with van der Waals surface area (Å²) in [6.45, 7) is 0.805. The average Bonchev–Trinajstić information content (AvgIpc) is 2.69. The minimum absolute atomic E-state index is 0.573. The molecule has 1 atom stereocenters. The predicted molar refractivity (Wildman–Crippen MR) is 57.7 cm³/mol. The normalized spacial score (nSPS) is 25.3. The molecule has 0 bridgehead atoms. The quantitative estimate of drug-likeness (QED) is 0.785. The van der Waals surface area contributed by atoms with Crippen molar-refractivity contribution in [1.29, 1.82) is 0 Å². The third kappa shape index (κ3) is 2.02. The van der Waals surface area contributed by atoms with Crippen LogP contribution in [0, 0.1) is 0 Å². The Morgan fingerprint density at radius 3 is 2.67 bits per heavy atom.